The Hall–Kier alpha value is -1.56. The summed E-state index contributed by atoms with van der Waals surface area (Å²) in [5, 5.41) is 8.59. The lowest BCUT2D eigenvalue weighted by Crippen LogP contribution is -2.11. The van der Waals surface area contributed by atoms with E-state index in [0.29, 0.717) is 12.4 Å². The van der Waals surface area contributed by atoms with Crippen LogP contribution in [0.1, 0.15) is 13.3 Å². The molecule has 1 heterocycles. The maximum Gasteiger partial charge on any atom is 0.239 e. The Morgan fingerprint density at radius 2 is 2.00 bits per heavy atom. The molecule has 1 aromatic carbocycles. The molecule has 6 heteroatoms. The van der Waals surface area contributed by atoms with Crippen LogP contribution in [0.2, 0.25) is 0 Å². The summed E-state index contributed by atoms with van der Waals surface area (Å²) >= 11 is 1.46. The molecule has 102 valence electrons. The smallest absolute Gasteiger partial charge is 0.239 e. The van der Waals surface area contributed by atoms with Gasteiger partial charge in [0.2, 0.25) is 6.43 Å². The Bertz CT molecular complexity index is 488. The fraction of sp³-hybridized carbons (Fsp3) is 0.385. The molecule has 1 unspecified atom stereocenters. The lowest BCUT2D eigenvalue weighted by molar-refractivity contribution is 0.103. The molecule has 0 aliphatic carbocycles. The Labute approximate surface area is 114 Å². The van der Waals surface area contributed by atoms with Crippen molar-refractivity contribution in [3.05, 3.63) is 29.8 Å². The number of aromatic nitrogens is 2. The quantitative estimate of drug-likeness (QED) is 0.807. The average molecular weight is 284 g/mol. The molecule has 2 aromatic rings. The lowest BCUT2D eigenvalue weighted by atomic mass is 10.1. The second kappa shape index (κ2) is 6.56. The highest BCUT2D eigenvalue weighted by molar-refractivity contribution is 7.12. The fourth-order valence-electron chi connectivity index (χ4n) is 1.60. The number of hydrogen-bond acceptors (Lipinski definition) is 4. The SMILES string of the molecule is CC(COc1ccc(-c2nncs2)cc1)CC(F)F. The van der Waals surface area contributed by atoms with Gasteiger partial charge in [0.15, 0.2) is 0 Å². The predicted octanol–water partition coefficient (Wildman–Crippen LogP) is 3.88. The first-order valence-corrected chi connectivity index (χ1v) is 6.80. The van der Waals surface area contributed by atoms with Crippen molar-refractivity contribution in [3.8, 4) is 16.3 Å². The van der Waals surface area contributed by atoms with Gasteiger partial charge in [-0.25, -0.2) is 8.78 Å². The third kappa shape index (κ3) is 4.24. The summed E-state index contributed by atoms with van der Waals surface area (Å²) in [5.41, 5.74) is 2.64. The third-order valence-corrected chi connectivity index (χ3v) is 3.32. The highest BCUT2D eigenvalue weighted by atomic mass is 32.1. The van der Waals surface area contributed by atoms with Crippen molar-refractivity contribution in [2.24, 2.45) is 5.92 Å². The van der Waals surface area contributed by atoms with Gasteiger partial charge in [-0.3, -0.25) is 0 Å². The zero-order valence-corrected chi connectivity index (χ0v) is 11.2. The molecular weight excluding hydrogens is 270 g/mol. The van der Waals surface area contributed by atoms with Gasteiger partial charge in [-0.1, -0.05) is 18.3 Å². The number of nitrogens with zero attached hydrogens (tertiary/aromatic N) is 2. The molecule has 1 aromatic heterocycles. The van der Waals surface area contributed by atoms with Gasteiger partial charge in [0.1, 0.15) is 16.3 Å². The summed E-state index contributed by atoms with van der Waals surface area (Å²) in [7, 11) is 0. The minimum Gasteiger partial charge on any atom is -0.493 e. The number of rotatable bonds is 6. The van der Waals surface area contributed by atoms with Gasteiger partial charge in [0.05, 0.1) is 6.61 Å². The van der Waals surface area contributed by atoms with E-state index in [9.17, 15) is 8.78 Å². The minimum absolute atomic E-state index is 0.136. The minimum atomic E-state index is -2.28. The molecule has 0 fully saturated rings. The van der Waals surface area contributed by atoms with Crippen molar-refractivity contribution >= 4 is 11.3 Å². The molecule has 3 nitrogen and oxygen atoms in total. The van der Waals surface area contributed by atoms with Crippen LogP contribution in [0.5, 0.6) is 5.75 Å². The Kier molecular flexibility index (Phi) is 4.79. The van der Waals surface area contributed by atoms with Crippen molar-refractivity contribution in [1.29, 1.82) is 0 Å². The molecule has 1 atom stereocenters. The fourth-order valence-corrected chi connectivity index (χ4v) is 2.16. The van der Waals surface area contributed by atoms with Gasteiger partial charge in [0.25, 0.3) is 0 Å². The molecule has 0 spiro atoms. The van der Waals surface area contributed by atoms with Crippen molar-refractivity contribution in [3.63, 3.8) is 0 Å². The van der Waals surface area contributed by atoms with Crippen LogP contribution in [0.3, 0.4) is 0 Å². The van der Waals surface area contributed by atoms with Gasteiger partial charge in [-0.05, 0) is 30.2 Å². The van der Waals surface area contributed by atoms with Gasteiger partial charge < -0.3 is 4.74 Å². The molecule has 0 saturated carbocycles. The Morgan fingerprint density at radius 1 is 1.26 bits per heavy atom. The number of benzene rings is 1. The molecule has 2 rings (SSSR count). The molecule has 0 aliphatic rings. The highest BCUT2D eigenvalue weighted by Crippen LogP contribution is 2.23. The monoisotopic (exact) mass is 284 g/mol. The molecule has 0 radical (unpaired) electrons. The summed E-state index contributed by atoms with van der Waals surface area (Å²) in [6, 6.07) is 7.39. The molecule has 19 heavy (non-hydrogen) atoms. The van der Waals surface area contributed by atoms with Crippen LogP contribution in [-0.4, -0.2) is 23.2 Å². The molecular formula is C13H14F2N2OS. The summed E-state index contributed by atoms with van der Waals surface area (Å²) < 4.78 is 29.8. The highest BCUT2D eigenvalue weighted by Gasteiger charge is 2.11. The third-order valence-electron chi connectivity index (χ3n) is 2.58. The standard InChI is InChI=1S/C13H14F2N2OS/c1-9(6-12(14)15)7-18-11-4-2-10(3-5-11)13-17-16-8-19-13/h2-5,8-9,12H,6-7H2,1H3. The summed E-state index contributed by atoms with van der Waals surface area (Å²) in [6.45, 7) is 2.05. The van der Waals surface area contributed by atoms with Crippen LogP contribution in [0.25, 0.3) is 10.6 Å². The largest absolute Gasteiger partial charge is 0.493 e. The van der Waals surface area contributed by atoms with E-state index in [-0.39, 0.29) is 12.3 Å². The van der Waals surface area contributed by atoms with Gasteiger partial charge in [-0.15, -0.1) is 10.2 Å². The number of alkyl halides is 2. The van der Waals surface area contributed by atoms with Gasteiger partial charge in [0, 0.05) is 12.0 Å². The van der Waals surface area contributed by atoms with Crippen molar-refractivity contribution < 1.29 is 13.5 Å². The maximum absolute atomic E-state index is 12.2. The van der Waals surface area contributed by atoms with Crippen LogP contribution in [0.15, 0.2) is 29.8 Å². The normalized spacial score (nSPS) is 12.6. The van der Waals surface area contributed by atoms with Crippen LogP contribution in [0, 0.1) is 5.92 Å². The first kappa shape index (κ1) is 13.9. The van der Waals surface area contributed by atoms with Crippen LogP contribution in [-0.2, 0) is 0 Å². The first-order chi connectivity index (χ1) is 9.15. The van der Waals surface area contributed by atoms with Gasteiger partial charge >= 0.3 is 0 Å². The Morgan fingerprint density at radius 3 is 2.58 bits per heavy atom. The second-order valence-electron chi connectivity index (χ2n) is 4.31. The maximum atomic E-state index is 12.2. The molecule has 0 aliphatic heterocycles. The van der Waals surface area contributed by atoms with E-state index in [2.05, 4.69) is 10.2 Å². The predicted molar refractivity (Wildman–Crippen MR) is 70.6 cm³/mol. The zero-order valence-electron chi connectivity index (χ0n) is 10.4. The molecule has 0 saturated heterocycles. The van der Waals surface area contributed by atoms with E-state index in [0.717, 1.165) is 10.6 Å². The van der Waals surface area contributed by atoms with Crippen molar-refractivity contribution in [1.82, 2.24) is 10.2 Å². The summed E-state index contributed by atoms with van der Waals surface area (Å²) in [4.78, 5) is 0. The van der Waals surface area contributed by atoms with Crippen LogP contribution >= 0.6 is 11.3 Å². The van der Waals surface area contributed by atoms with Crippen LogP contribution in [0.4, 0.5) is 8.78 Å². The van der Waals surface area contributed by atoms with Crippen molar-refractivity contribution in [2.75, 3.05) is 6.61 Å². The molecule has 0 amide bonds. The summed E-state index contributed by atoms with van der Waals surface area (Å²) in [6.07, 6.45) is -2.42. The average Bonchev–Trinajstić information content (AvgIpc) is 2.90. The zero-order chi connectivity index (χ0) is 13.7. The Balaban J connectivity index is 1.89. The number of hydrogen-bond donors (Lipinski definition) is 0. The van der Waals surface area contributed by atoms with E-state index >= 15 is 0 Å². The van der Waals surface area contributed by atoms with E-state index < -0.39 is 6.43 Å². The van der Waals surface area contributed by atoms with E-state index in [4.69, 9.17) is 4.74 Å². The van der Waals surface area contributed by atoms with Crippen LogP contribution < -0.4 is 4.74 Å². The number of ether oxygens (including phenoxy) is 1. The lowest BCUT2D eigenvalue weighted by Gasteiger charge is -2.12. The summed E-state index contributed by atoms with van der Waals surface area (Å²) in [5.74, 6) is 0.511. The van der Waals surface area contributed by atoms with Gasteiger partial charge in [-0.2, -0.15) is 0 Å². The molecule has 0 bridgehead atoms. The second-order valence-corrected chi connectivity index (χ2v) is 5.14. The van der Waals surface area contributed by atoms with Crippen molar-refractivity contribution in [2.45, 2.75) is 19.8 Å². The van der Waals surface area contributed by atoms with E-state index in [1.165, 1.54) is 11.3 Å². The first-order valence-electron chi connectivity index (χ1n) is 5.92. The molecule has 0 N–H and O–H groups in total. The van der Waals surface area contributed by atoms with E-state index in [1.54, 1.807) is 12.4 Å². The number of halogens is 2. The topological polar surface area (TPSA) is 35.0 Å². The van der Waals surface area contributed by atoms with E-state index in [1.807, 2.05) is 24.3 Å².